The van der Waals surface area contributed by atoms with Crippen LogP contribution < -0.4 is 5.14 Å². The Labute approximate surface area is 160 Å². The van der Waals surface area contributed by atoms with E-state index in [9.17, 15) is 21.6 Å². The monoisotopic (exact) mass is 409 g/mol. The summed E-state index contributed by atoms with van der Waals surface area (Å²) in [5.41, 5.74) is 2.16. The molecule has 0 saturated carbocycles. The van der Waals surface area contributed by atoms with Crippen LogP contribution in [0.1, 0.15) is 22.4 Å². The van der Waals surface area contributed by atoms with E-state index in [-0.39, 0.29) is 17.3 Å². The molecule has 0 amide bonds. The van der Waals surface area contributed by atoms with Gasteiger partial charge in [0, 0.05) is 18.3 Å². The molecule has 2 aromatic carbocycles. The van der Waals surface area contributed by atoms with Crippen LogP contribution in [0.4, 0.5) is 13.2 Å². The Bertz CT molecular complexity index is 1120. The molecule has 1 aromatic heterocycles. The fourth-order valence-corrected chi connectivity index (χ4v) is 3.37. The number of primary sulfonamides is 1. The zero-order chi connectivity index (χ0) is 20.7. The standard InChI is InChI=1S/C19H18F3N3O2S/c1-12-3-4-13(2)15(9-12)10-25-11-17(19(20,21)22)24-18(25)14-5-7-16(8-6-14)28(23,26)27/h3-9,11H,10H2,1-2H3,(H2,23,26,27). The Morgan fingerprint density at radius 1 is 1.07 bits per heavy atom. The van der Waals surface area contributed by atoms with Gasteiger partial charge in [-0.3, -0.25) is 0 Å². The summed E-state index contributed by atoms with van der Waals surface area (Å²) in [6, 6.07) is 11.0. The highest BCUT2D eigenvalue weighted by atomic mass is 32.2. The second-order valence-electron chi connectivity index (χ2n) is 6.57. The van der Waals surface area contributed by atoms with Crippen molar-refractivity contribution in [2.75, 3.05) is 0 Å². The smallest absolute Gasteiger partial charge is 0.326 e. The van der Waals surface area contributed by atoms with Gasteiger partial charge in [-0.15, -0.1) is 0 Å². The number of imidazole rings is 1. The number of hydrogen-bond donors (Lipinski definition) is 1. The molecule has 5 nitrogen and oxygen atoms in total. The van der Waals surface area contributed by atoms with E-state index in [1.807, 2.05) is 32.0 Å². The minimum atomic E-state index is -4.60. The number of alkyl halides is 3. The van der Waals surface area contributed by atoms with E-state index in [0.29, 0.717) is 5.56 Å². The third-order valence-electron chi connectivity index (χ3n) is 4.35. The number of aryl methyl sites for hydroxylation is 2. The zero-order valence-corrected chi connectivity index (χ0v) is 16.0. The fourth-order valence-electron chi connectivity index (χ4n) is 2.85. The first-order valence-electron chi connectivity index (χ1n) is 8.29. The Morgan fingerprint density at radius 2 is 1.71 bits per heavy atom. The quantitative estimate of drug-likeness (QED) is 0.710. The summed E-state index contributed by atoms with van der Waals surface area (Å²) >= 11 is 0. The lowest BCUT2D eigenvalue weighted by Crippen LogP contribution is -2.11. The average molecular weight is 409 g/mol. The Balaban J connectivity index is 2.09. The molecule has 0 bridgehead atoms. The molecule has 28 heavy (non-hydrogen) atoms. The van der Waals surface area contributed by atoms with Gasteiger partial charge in [0.05, 0.1) is 4.90 Å². The van der Waals surface area contributed by atoms with Crippen molar-refractivity contribution in [2.45, 2.75) is 31.5 Å². The summed E-state index contributed by atoms with van der Waals surface area (Å²) < 4.78 is 63.9. The van der Waals surface area contributed by atoms with Crippen LogP contribution >= 0.6 is 0 Å². The number of rotatable bonds is 4. The van der Waals surface area contributed by atoms with Gasteiger partial charge in [-0.2, -0.15) is 13.2 Å². The first kappa shape index (κ1) is 20.1. The molecule has 148 valence electrons. The normalized spacial score (nSPS) is 12.4. The third kappa shape index (κ3) is 4.26. The highest BCUT2D eigenvalue weighted by molar-refractivity contribution is 7.89. The van der Waals surface area contributed by atoms with Crippen molar-refractivity contribution in [1.82, 2.24) is 9.55 Å². The molecule has 0 atom stereocenters. The van der Waals surface area contributed by atoms with Crippen LogP contribution in [0.25, 0.3) is 11.4 Å². The van der Waals surface area contributed by atoms with Crippen LogP contribution in [0, 0.1) is 13.8 Å². The highest BCUT2D eigenvalue weighted by Gasteiger charge is 2.35. The SMILES string of the molecule is Cc1ccc(C)c(Cn2cc(C(F)(F)F)nc2-c2ccc(S(N)(=O)=O)cc2)c1. The summed E-state index contributed by atoms with van der Waals surface area (Å²) in [5, 5.41) is 5.07. The van der Waals surface area contributed by atoms with Crippen LogP contribution in [-0.4, -0.2) is 18.0 Å². The molecule has 0 saturated heterocycles. The number of aromatic nitrogens is 2. The summed E-state index contributed by atoms with van der Waals surface area (Å²) in [6.07, 6.45) is -3.63. The van der Waals surface area contributed by atoms with Crippen molar-refractivity contribution < 1.29 is 21.6 Å². The third-order valence-corrected chi connectivity index (χ3v) is 5.28. The van der Waals surface area contributed by atoms with Crippen molar-refractivity contribution in [3.8, 4) is 11.4 Å². The Morgan fingerprint density at radius 3 is 2.29 bits per heavy atom. The summed E-state index contributed by atoms with van der Waals surface area (Å²) in [4.78, 5) is 3.62. The zero-order valence-electron chi connectivity index (χ0n) is 15.2. The van der Waals surface area contributed by atoms with E-state index in [1.165, 1.54) is 28.8 Å². The van der Waals surface area contributed by atoms with Crippen LogP contribution in [0.15, 0.2) is 53.6 Å². The second kappa shape index (κ2) is 7.06. The molecule has 0 aliphatic heterocycles. The summed E-state index contributed by atoms with van der Waals surface area (Å²) in [5.74, 6) is 0.0919. The van der Waals surface area contributed by atoms with E-state index >= 15 is 0 Å². The van der Waals surface area contributed by atoms with Gasteiger partial charge in [-0.05, 0) is 49.2 Å². The first-order valence-corrected chi connectivity index (χ1v) is 9.83. The van der Waals surface area contributed by atoms with Crippen molar-refractivity contribution >= 4 is 10.0 Å². The lowest BCUT2D eigenvalue weighted by Gasteiger charge is -2.11. The van der Waals surface area contributed by atoms with Gasteiger partial charge < -0.3 is 4.57 Å². The highest BCUT2D eigenvalue weighted by Crippen LogP contribution is 2.32. The van der Waals surface area contributed by atoms with Gasteiger partial charge >= 0.3 is 6.18 Å². The molecule has 9 heteroatoms. The minimum Gasteiger partial charge on any atom is -0.326 e. The van der Waals surface area contributed by atoms with Gasteiger partial charge in [-0.1, -0.05) is 23.8 Å². The largest absolute Gasteiger partial charge is 0.434 e. The van der Waals surface area contributed by atoms with E-state index < -0.39 is 21.9 Å². The molecule has 0 unspecified atom stereocenters. The topological polar surface area (TPSA) is 78.0 Å². The van der Waals surface area contributed by atoms with Crippen LogP contribution in [0.2, 0.25) is 0 Å². The molecule has 0 fully saturated rings. The molecule has 2 N–H and O–H groups in total. The number of sulfonamides is 1. The molecular formula is C19H18F3N3O2S. The van der Waals surface area contributed by atoms with Crippen molar-refractivity contribution in [1.29, 1.82) is 0 Å². The number of hydrogen-bond acceptors (Lipinski definition) is 3. The predicted molar refractivity (Wildman–Crippen MR) is 99.1 cm³/mol. The second-order valence-corrected chi connectivity index (χ2v) is 8.14. The molecule has 3 aromatic rings. The first-order chi connectivity index (χ1) is 12.9. The van der Waals surface area contributed by atoms with Crippen LogP contribution in [0.5, 0.6) is 0 Å². The maximum Gasteiger partial charge on any atom is 0.434 e. The molecule has 0 aliphatic carbocycles. The van der Waals surface area contributed by atoms with Crippen molar-refractivity contribution in [2.24, 2.45) is 5.14 Å². The van der Waals surface area contributed by atoms with Gasteiger partial charge in [0.25, 0.3) is 0 Å². The predicted octanol–water partition coefficient (Wildman–Crippen LogP) is 3.88. The van der Waals surface area contributed by atoms with E-state index in [4.69, 9.17) is 5.14 Å². The molecule has 1 heterocycles. The molecule has 0 aliphatic rings. The maximum absolute atomic E-state index is 13.2. The Hall–Kier alpha value is -2.65. The van der Waals surface area contributed by atoms with Gasteiger partial charge in [-0.25, -0.2) is 18.5 Å². The number of benzene rings is 2. The van der Waals surface area contributed by atoms with Crippen LogP contribution in [0.3, 0.4) is 0 Å². The van der Waals surface area contributed by atoms with Crippen molar-refractivity contribution in [3.05, 3.63) is 71.0 Å². The molecule has 0 spiro atoms. The number of nitrogens with zero attached hydrogens (tertiary/aromatic N) is 2. The van der Waals surface area contributed by atoms with Gasteiger partial charge in [0.15, 0.2) is 5.69 Å². The molecule has 0 radical (unpaired) electrons. The molecular weight excluding hydrogens is 391 g/mol. The summed E-state index contributed by atoms with van der Waals surface area (Å²) in [7, 11) is -3.90. The fraction of sp³-hybridized carbons (Fsp3) is 0.211. The minimum absolute atomic E-state index is 0.0919. The Kier molecular flexibility index (Phi) is 5.07. The van der Waals surface area contributed by atoms with E-state index in [0.717, 1.165) is 22.9 Å². The van der Waals surface area contributed by atoms with E-state index in [1.54, 1.807) is 0 Å². The summed E-state index contributed by atoms with van der Waals surface area (Å²) in [6.45, 7) is 3.99. The number of nitrogens with two attached hydrogens (primary N) is 1. The lowest BCUT2D eigenvalue weighted by molar-refractivity contribution is -0.140. The van der Waals surface area contributed by atoms with Gasteiger partial charge in [0.1, 0.15) is 5.82 Å². The maximum atomic E-state index is 13.2. The van der Waals surface area contributed by atoms with E-state index in [2.05, 4.69) is 4.98 Å². The molecule has 3 rings (SSSR count). The van der Waals surface area contributed by atoms with Crippen LogP contribution in [-0.2, 0) is 22.7 Å². The van der Waals surface area contributed by atoms with Gasteiger partial charge in [0.2, 0.25) is 10.0 Å². The lowest BCUT2D eigenvalue weighted by atomic mass is 10.1. The van der Waals surface area contributed by atoms with Crippen molar-refractivity contribution in [3.63, 3.8) is 0 Å². The number of halogens is 3. The average Bonchev–Trinajstić information content (AvgIpc) is 3.02.